The van der Waals surface area contributed by atoms with E-state index < -0.39 is 0 Å². The Bertz CT molecular complexity index is 999. The molecule has 1 aromatic heterocycles. The zero-order chi connectivity index (χ0) is 20.3. The van der Waals surface area contributed by atoms with Crippen LogP contribution in [0.15, 0.2) is 46.0 Å². The molecule has 0 saturated carbocycles. The molecule has 2 N–H and O–H groups in total. The van der Waals surface area contributed by atoms with Gasteiger partial charge in [0.05, 0.1) is 11.3 Å². The smallest absolute Gasteiger partial charge is 0.234 e. The van der Waals surface area contributed by atoms with Crippen LogP contribution in [0.4, 0.5) is 5.69 Å². The number of rotatable bonds is 6. The molecule has 3 rings (SSSR count). The molecule has 3 aromatic rings. The lowest BCUT2D eigenvalue weighted by Crippen LogP contribution is -2.16. The van der Waals surface area contributed by atoms with Crippen LogP contribution in [0, 0.1) is 13.8 Å². The standard InChI is InChI=1S/C20H21BrN4O2S/c1-4-25-19(15-10-14(21)8-9-16(15)26)23-24-20(25)28-11-17(27)22-18-12(2)6-5-7-13(18)3/h5-10,26H,4,11H2,1-3H3,(H,22,27). The number of amides is 1. The van der Waals surface area contributed by atoms with Gasteiger partial charge in [-0.1, -0.05) is 45.9 Å². The molecule has 146 valence electrons. The Balaban J connectivity index is 1.76. The molecule has 8 heteroatoms. The Morgan fingerprint density at radius 3 is 2.61 bits per heavy atom. The fourth-order valence-electron chi connectivity index (χ4n) is 2.88. The number of hydrogen-bond donors (Lipinski definition) is 2. The summed E-state index contributed by atoms with van der Waals surface area (Å²) in [6, 6.07) is 11.1. The molecule has 0 unspecified atom stereocenters. The molecular weight excluding hydrogens is 440 g/mol. The number of phenols is 1. The van der Waals surface area contributed by atoms with Crippen molar-refractivity contribution in [3.05, 3.63) is 52.0 Å². The van der Waals surface area contributed by atoms with Crippen molar-refractivity contribution in [2.45, 2.75) is 32.5 Å². The normalized spacial score (nSPS) is 10.9. The van der Waals surface area contributed by atoms with Crippen molar-refractivity contribution >= 4 is 39.3 Å². The number of carbonyl (C=O) groups is 1. The number of aryl methyl sites for hydroxylation is 2. The fraction of sp³-hybridized carbons (Fsp3) is 0.250. The van der Waals surface area contributed by atoms with Crippen LogP contribution in [0.3, 0.4) is 0 Å². The summed E-state index contributed by atoms with van der Waals surface area (Å²) in [4.78, 5) is 12.4. The Morgan fingerprint density at radius 2 is 1.93 bits per heavy atom. The van der Waals surface area contributed by atoms with Crippen molar-refractivity contribution < 1.29 is 9.90 Å². The van der Waals surface area contributed by atoms with Gasteiger partial charge in [-0.25, -0.2) is 0 Å². The first-order valence-electron chi connectivity index (χ1n) is 8.81. The maximum Gasteiger partial charge on any atom is 0.234 e. The van der Waals surface area contributed by atoms with Crippen LogP contribution in [-0.2, 0) is 11.3 Å². The number of nitrogens with one attached hydrogen (secondary N) is 1. The molecule has 1 amide bonds. The minimum absolute atomic E-state index is 0.0973. The molecule has 28 heavy (non-hydrogen) atoms. The first-order chi connectivity index (χ1) is 13.4. The van der Waals surface area contributed by atoms with Gasteiger partial charge in [0.2, 0.25) is 5.91 Å². The highest BCUT2D eigenvalue weighted by Gasteiger charge is 2.17. The maximum absolute atomic E-state index is 12.4. The number of thioether (sulfide) groups is 1. The van der Waals surface area contributed by atoms with E-state index in [2.05, 4.69) is 31.4 Å². The second kappa shape index (κ2) is 8.79. The van der Waals surface area contributed by atoms with Gasteiger partial charge in [-0.05, 0) is 50.1 Å². The topological polar surface area (TPSA) is 80.0 Å². The SMILES string of the molecule is CCn1c(SCC(=O)Nc2c(C)cccc2C)nnc1-c1cc(Br)ccc1O. The molecule has 0 saturated heterocycles. The van der Waals surface area contributed by atoms with Gasteiger partial charge in [-0.3, -0.25) is 4.79 Å². The van der Waals surface area contributed by atoms with E-state index in [9.17, 15) is 9.90 Å². The number of phenolic OH excluding ortho intramolecular Hbond substituents is 1. The predicted octanol–water partition coefficient (Wildman–Crippen LogP) is 4.78. The van der Waals surface area contributed by atoms with E-state index in [0.29, 0.717) is 23.1 Å². The zero-order valence-electron chi connectivity index (χ0n) is 15.9. The number of halogens is 1. The summed E-state index contributed by atoms with van der Waals surface area (Å²) in [5, 5.41) is 22.2. The maximum atomic E-state index is 12.4. The second-order valence-corrected chi connectivity index (χ2v) is 8.17. The van der Waals surface area contributed by atoms with E-state index in [4.69, 9.17) is 0 Å². The van der Waals surface area contributed by atoms with E-state index in [1.165, 1.54) is 11.8 Å². The lowest BCUT2D eigenvalue weighted by atomic mass is 10.1. The van der Waals surface area contributed by atoms with E-state index >= 15 is 0 Å². The molecule has 0 aliphatic carbocycles. The average molecular weight is 461 g/mol. The molecule has 6 nitrogen and oxygen atoms in total. The third kappa shape index (κ3) is 4.39. The predicted molar refractivity (Wildman–Crippen MR) is 116 cm³/mol. The highest BCUT2D eigenvalue weighted by molar-refractivity contribution is 9.10. The van der Waals surface area contributed by atoms with Gasteiger partial charge >= 0.3 is 0 Å². The van der Waals surface area contributed by atoms with Crippen LogP contribution in [0.25, 0.3) is 11.4 Å². The van der Waals surface area contributed by atoms with Gasteiger partial charge in [-0.15, -0.1) is 10.2 Å². The lowest BCUT2D eigenvalue weighted by Gasteiger charge is -2.11. The van der Waals surface area contributed by atoms with Gasteiger partial charge in [0.15, 0.2) is 11.0 Å². The number of aromatic hydroxyl groups is 1. The van der Waals surface area contributed by atoms with Crippen molar-refractivity contribution in [3.8, 4) is 17.1 Å². The number of aromatic nitrogens is 3. The Morgan fingerprint density at radius 1 is 1.21 bits per heavy atom. The largest absolute Gasteiger partial charge is 0.507 e. The molecule has 0 aliphatic rings. The molecule has 0 atom stereocenters. The zero-order valence-corrected chi connectivity index (χ0v) is 18.3. The minimum atomic E-state index is -0.0973. The van der Waals surface area contributed by atoms with Crippen molar-refractivity contribution in [3.63, 3.8) is 0 Å². The third-order valence-electron chi connectivity index (χ3n) is 4.31. The average Bonchev–Trinajstić information content (AvgIpc) is 3.07. The first-order valence-corrected chi connectivity index (χ1v) is 10.6. The van der Waals surface area contributed by atoms with Gasteiger partial charge in [0, 0.05) is 16.7 Å². The monoisotopic (exact) mass is 460 g/mol. The van der Waals surface area contributed by atoms with Crippen molar-refractivity contribution in [1.82, 2.24) is 14.8 Å². The van der Waals surface area contributed by atoms with Crippen LogP contribution >= 0.6 is 27.7 Å². The summed E-state index contributed by atoms with van der Waals surface area (Å²) >= 11 is 4.73. The van der Waals surface area contributed by atoms with Crippen LogP contribution in [0.2, 0.25) is 0 Å². The van der Waals surface area contributed by atoms with Gasteiger partial charge < -0.3 is 15.0 Å². The van der Waals surface area contributed by atoms with Crippen LogP contribution < -0.4 is 5.32 Å². The molecule has 2 aromatic carbocycles. The van der Waals surface area contributed by atoms with Crippen LogP contribution in [-0.4, -0.2) is 31.5 Å². The summed E-state index contributed by atoms with van der Waals surface area (Å²) in [5.74, 6) is 0.824. The number of para-hydroxylation sites is 1. The van der Waals surface area contributed by atoms with Gasteiger partial charge in [-0.2, -0.15) is 0 Å². The van der Waals surface area contributed by atoms with E-state index in [1.54, 1.807) is 18.2 Å². The summed E-state index contributed by atoms with van der Waals surface area (Å²) in [5.41, 5.74) is 3.50. The summed E-state index contributed by atoms with van der Waals surface area (Å²) < 4.78 is 2.73. The Labute approximate surface area is 176 Å². The van der Waals surface area contributed by atoms with E-state index in [0.717, 1.165) is 21.3 Å². The quantitative estimate of drug-likeness (QED) is 0.517. The highest BCUT2D eigenvalue weighted by atomic mass is 79.9. The minimum Gasteiger partial charge on any atom is -0.507 e. The van der Waals surface area contributed by atoms with Gasteiger partial charge in [0.1, 0.15) is 5.75 Å². The number of carbonyl (C=O) groups excluding carboxylic acids is 1. The Hall–Kier alpha value is -2.32. The van der Waals surface area contributed by atoms with E-state index in [-0.39, 0.29) is 17.4 Å². The Kier molecular flexibility index (Phi) is 6.41. The third-order valence-corrected chi connectivity index (χ3v) is 5.77. The number of anilines is 1. The molecule has 0 bridgehead atoms. The highest BCUT2D eigenvalue weighted by Crippen LogP contribution is 2.32. The molecule has 1 heterocycles. The van der Waals surface area contributed by atoms with Crippen molar-refractivity contribution in [2.75, 3.05) is 11.1 Å². The fourth-order valence-corrected chi connectivity index (χ4v) is 4.05. The van der Waals surface area contributed by atoms with Crippen molar-refractivity contribution in [2.24, 2.45) is 0 Å². The van der Waals surface area contributed by atoms with Crippen LogP contribution in [0.1, 0.15) is 18.1 Å². The van der Waals surface area contributed by atoms with E-state index in [1.807, 2.05) is 43.5 Å². The molecule has 0 radical (unpaired) electrons. The molecule has 0 spiro atoms. The molecular formula is C20H21BrN4O2S. The summed E-state index contributed by atoms with van der Waals surface area (Å²) in [7, 11) is 0. The first kappa shape index (κ1) is 20.4. The number of hydrogen-bond acceptors (Lipinski definition) is 5. The molecule has 0 fully saturated rings. The summed E-state index contributed by atoms with van der Waals surface area (Å²) in [6.45, 7) is 6.54. The van der Waals surface area contributed by atoms with Crippen molar-refractivity contribution in [1.29, 1.82) is 0 Å². The number of benzene rings is 2. The van der Waals surface area contributed by atoms with Gasteiger partial charge in [0.25, 0.3) is 0 Å². The van der Waals surface area contributed by atoms with Crippen LogP contribution in [0.5, 0.6) is 5.75 Å². The lowest BCUT2D eigenvalue weighted by molar-refractivity contribution is -0.113. The molecule has 0 aliphatic heterocycles. The number of nitrogens with zero attached hydrogens (tertiary/aromatic N) is 3. The second-order valence-electron chi connectivity index (χ2n) is 6.32. The summed E-state index contributed by atoms with van der Waals surface area (Å²) in [6.07, 6.45) is 0.